The Morgan fingerprint density at radius 3 is 2.40 bits per heavy atom. The van der Waals surface area contributed by atoms with Gasteiger partial charge in [-0.1, -0.05) is 13.8 Å². The molecule has 0 saturated carbocycles. The number of hydrogen-bond donors (Lipinski definition) is 1. The molecule has 1 aliphatic rings. The molecule has 0 aromatic carbocycles. The smallest absolute Gasteiger partial charge is 0.323 e. The molecule has 1 rings (SSSR count). The zero-order valence-electron chi connectivity index (χ0n) is 9.29. The molecular weight excluding hydrogens is 196 g/mol. The molecule has 5 nitrogen and oxygen atoms in total. The molecule has 1 aliphatic heterocycles. The third-order valence-electron chi connectivity index (χ3n) is 2.78. The second kappa shape index (κ2) is 4.00. The maximum absolute atomic E-state index is 11.8. The van der Waals surface area contributed by atoms with Crippen molar-refractivity contribution in [1.82, 2.24) is 10.2 Å². The highest BCUT2D eigenvalue weighted by Crippen LogP contribution is 2.20. The number of nitrogens with one attached hydrogen (secondary N) is 1. The van der Waals surface area contributed by atoms with Crippen LogP contribution in [-0.2, 0) is 9.59 Å². The first-order valence-corrected chi connectivity index (χ1v) is 5.10. The fourth-order valence-corrected chi connectivity index (χ4v) is 1.42. The molecule has 5 heteroatoms. The minimum atomic E-state index is -0.842. The number of carbonyl (C=O) groups excluding carboxylic acids is 3. The normalized spacial score (nSPS) is 25.7. The van der Waals surface area contributed by atoms with Crippen molar-refractivity contribution in [2.75, 3.05) is 6.54 Å². The van der Waals surface area contributed by atoms with E-state index in [9.17, 15) is 14.4 Å². The van der Waals surface area contributed by atoms with Crippen molar-refractivity contribution in [3.8, 4) is 0 Å². The maximum atomic E-state index is 11.8. The van der Waals surface area contributed by atoms with Crippen LogP contribution in [-0.4, -0.2) is 34.7 Å². The number of imide groups is 1. The van der Waals surface area contributed by atoms with Crippen LogP contribution >= 0.6 is 0 Å². The summed E-state index contributed by atoms with van der Waals surface area (Å²) in [5, 5.41) is 2.59. The molecule has 1 unspecified atom stereocenters. The first-order chi connectivity index (χ1) is 6.94. The van der Waals surface area contributed by atoms with Crippen molar-refractivity contribution < 1.29 is 14.4 Å². The van der Waals surface area contributed by atoms with E-state index in [4.69, 9.17) is 0 Å². The first-order valence-electron chi connectivity index (χ1n) is 5.10. The Kier molecular flexibility index (Phi) is 3.12. The van der Waals surface area contributed by atoms with Crippen LogP contribution in [0.25, 0.3) is 0 Å². The Morgan fingerprint density at radius 2 is 2.00 bits per heavy atom. The van der Waals surface area contributed by atoms with Crippen LogP contribution in [0.2, 0.25) is 0 Å². The van der Waals surface area contributed by atoms with Crippen LogP contribution in [0.3, 0.4) is 0 Å². The summed E-state index contributed by atoms with van der Waals surface area (Å²) >= 11 is 0. The van der Waals surface area contributed by atoms with Gasteiger partial charge >= 0.3 is 6.03 Å². The molecule has 1 fully saturated rings. The molecule has 15 heavy (non-hydrogen) atoms. The number of rotatable bonds is 4. The molecule has 84 valence electrons. The third kappa shape index (κ3) is 2.00. The lowest BCUT2D eigenvalue weighted by atomic mass is 9.99. The van der Waals surface area contributed by atoms with E-state index in [0.29, 0.717) is 12.8 Å². The number of Topliss-reactive ketones (excluding diaryl/α,β-unsaturated/α-hetero) is 1. The SMILES string of the molecule is CCC(=O)CN1C(=O)NC(C)(CC)C1=O. The number of hydrogen-bond acceptors (Lipinski definition) is 3. The molecule has 0 aromatic rings. The number of nitrogens with zero attached hydrogens (tertiary/aromatic N) is 1. The molecular formula is C10H16N2O3. The van der Waals surface area contributed by atoms with Gasteiger partial charge in [0.25, 0.3) is 5.91 Å². The topological polar surface area (TPSA) is 66.5 Å². The molecule has 0 radical (unpaired) electrons. The first kappa shape index (κ1) is 11.7. The Morgan fingerprint density at radius 1 is 1.40 bits per heavy atom. The summed E-state index contributed by atoms with van der Waals surface area (Å²) in [5.41, 5.74) is -0.842. The number of urea groups is 1. The highest BCUT2D eigenvalue weighted by atomic mass is 16.2. The van der Waals surface area contributed by atoms with E-state index in [1.54, 1.807) is 13.8 Å². The fraction of sp³-hybridized carbons (Fsp3) is 0.700. The summed E-state index contributed by atoms with van der Waals surface area (Å²) in [7, 11) is 0. The zero-order chi connectivity index (χ0) is 11.6. The average molecular weight is 212 g/mol. The molecule has 1 saturated heterocycles. The summed E-state index contributed by atoms with van der Waals surface area (Å²) in [6, 6.07) is -0.467. The zero-order valence-corrected chi connectivity index (χ0v) is 9.29. The minimum absolute atomic E-state index is 0.112. The van der Waals surface area contributed by atoms with Gasteiger partial charge < -0.3 is 5.32 Å². The summed E-state index contributed by atoms with van der Waals surface area (Å²) in [6.07, 6.45) is 0.855. The molecule has 1 N–H and O–H groups in total. The van der Waals surface area contributed by atoms with Gasteiger partial charge in [-0.3, -0.25) is 14.5 Å². The van der Waals surface area contributed by atoms with Crippen LogP contribution in [0.15, 0.2) is 0 Å². The Labute approximate surface area is 88.8 Å². The average Bonchev–Trinajstić information content (AvgIpc) is 2.42. The van der Waals surface area contributed by atoms with Gasteiger partial charge in [-0.05, 0) is 13.3 Å². The van der Waals surface area contributed by atoms with E-state index in [-0.39, 0.29) is 18.2 Å². The van der Waals surface area contributed by atoms with Crippen molar-refractivity contribution in [3.63, 3.8) is 0 Å². The highest BCUT2D eigenvalue weighted by molar-refractivity contribution is 6.08. The largest absolute Gasteiger partial charge is 0.325 e. The summed E-state index contributed by atoms with van der Waals surface area (Å²) < 4.78 is 0. The molecule has 0 aliphatic carbocycles. The second-order valence-corrected chi connectivity index (χ2v) is 3.90. The van der Waals surface area contributed by atoms with Crippen molar-refractivity contribution in [2.45, 2.75) is 39.2 Å². The molecule has 1 heterocycles. The van der Waals surface area contributed by atoms with Crippen LogP contribution in [0.1, 0.15) is 33.6 Å². The fourth-order valence-electron chi connectivity index (χ4n) is 1.42. The van der Waals surface area contributed by atoms with E-state index in [1.165, 1.54) is 0 Å². The maximum Gasteiger partial charge on any atom is 0.325 e. The standard InChI is InChI=1S/C10H16N2O3/c1-4-7(13)6-12-8(14)10(3,5-2)11-9(12)15/h4-6H2,1-3H3,(H,11,15). The minimum Gasteiger partial charge on any atom is -0.323 e. The van der Waals surface area contributed by atoms with Crippen molar-refractivity contribution in [2.24, 2.45) is 0 Å². The molecule has 1 atom stereocenters. The van der Waals surface area contributed by atoms with Gasteiger partial charge in [-0.15, -0.1) is 0 Å². The van der Waals surface area contributed by atoms with Gasteiger partial charge in [-0.25, -0.2) is 4.79 Å². The Bertz CT molecular complexity index is 314. The van der Waals surface area contributed by atoms with Gasteiger partial charge in [-0.2, -0.15) is 0 Å². The van der Waals surface area contributed by atoms with E-state index in [1.807, 2.05) is 6.92 Å². The van der Waals surface area contributed by atoms with Gasteiger partial charge in [0.2, 0.25) is 0 Å². The van der Waals surface area contributed by atoms with Gasteiger partial charge in [0.1, 0.15) is 5.54 Å². The predicted molar refractivity (Wildman–Crippen MR) is 54.2 cm³/mol. The highest BCUT2D eigenvalue weighted by Gasteiger charge is 2.46. The van der Waals surface area contributed by atoms with Crippen LogP contribution in [0, 0.1) is 0 Å². The van der Waals surface area contributed by atoms with E-state index < -0.39 is 11.6 Å². The molecule has 3 amide bonds. The monoisotopic (exact) mass is 212 g/mol. The Balaban J connectivity index is 2.80. The van der Waals surface area contributed by atoms with Gasteiger partial charge in [0.15, 0.2) is 5.78 Å². The summed E-state index contributed by atoms with van der Waals surface area (Å²) in [5.74, 6) is -0.421. The third-order valence-corrected chi connectivity index (χ3v) is 2.78. The Hall–Kier alpha value is -1.39. The molecule has 0 bridgehead atoms. The lowest BCUT2D eigenvalue weighted by Gasteiger charge is -2.18. The van der Waals surface area contributed by atoms with Gasteiger partial charge in [0.05, 0.1) is 6.54 Å². The van der Waals surface area contributed by atoms with E-state index in [2.05, 4.69) is 5.32 Å². The number of amides is 3. The number of ketones is 1. The number of carbonyl (C=O) groups is 3. The summed E-state index contributed by atoms with van der Waals surface area (Å²) in [4.78, 5) is 35.4. The van der Waals surface area contributed by atoms with Crippen molar-refractivity contribution in [1.29, 1.82) is 0 Å². The van der Waals surface area contributed by atoms with Crippen LogP contribution in [0.5, 0.6) is 0 Å². The van der Waals surface area contributed by atoms with Crippen LogP contribution in [0.4, 0.5) is 4.79 Å². The lowest BCUT2D eigenvalue weighted by Crippen LogP contribution is -2.43. The van der Waals surface area contributed by atoms with Crippen LogP contribution < -0.4 is 5.32 Å². The molecule has 0 aromatic heterocycles. The van der Waals surface area contributed by atoms with E-state index >= 15 is 0 Å². The lowest BCUT2D eigenvalue weighted by molar-refractivity contribution is -0.134. The van der Waals surface area contributed by atoms with Gasteiger partial charge in [0, 0.05) is 6.42 Å². The second-order valence-electron chi connectivity index (χ2n) is 3.90. The quantitative estimate of drug-likeness (QED) is 0.697. The van der Waals surface area contributed by atoms with Crippen molar-refractivity contribution in [3.05, 3.63) is 0 Å². The molecule has 0 spiro atoms. The predicted octanol–water partition coefficient (Wildman–Crippen LogP) is 0.686. The van der Waals surface area contributed by atoms with Crippen molar-refractivity contribution >= 4 is 17.7 Å². The van der Waals surface area contributed by atoms with E-state index in [0.717, 1.165) is 4.90 Å². The summed E-state index contributed by atoms with van der Waals surface area (Å²) in [6.45, 7) is 5.09.